The summed E-state index contributed by atoms with van der Waals surface area (Å²) in [7, 11) is 0. The van der Waals surface area contributed by atoms with Crippen molar-refractivity contribution < 1.29 is 0 Å². The summed E-state index contributed by atoms with van der Waals surface area (Å²) in [4.78, 5) is 0. The summed E-state index contributed by atoms with van der Waals surface area (Å²) in [5.74, 6) is 0. The van der Waals surface area contributed by atoms with Crippen molar-refractivity contribution in [2.45, 2.75) is 32.1 Å². The smallest absolute Gasteiger partial charge is 0.0181 e. The lowest BCUT2D eigenvalue weighted by Crippen LogP contribution is -1.86. The van der Waals surface area contributed by atoms with Crippen molar-refractivity contribution in [2.24, 2.45) is 0 Å². The number of hydrogen-bond acceptors (Lipinski definition) is 0. The summed E-state index contributed by atoms with van der Waals surface area (Å²) in [6, 6.07) is 15.4. The van der Waals surface area contributed by atoms with Gasteiger partial charge < -0.3 is 0 Å². The van der Waals surface area contributed by atoms with E-state index in [1.807, 2.05) is 0 Å². The first-order valence-corrected chi connectivity index (χ1v) is 6.17. The maximum atomic E-state index is 3.87. The lowest BCUT2D eigenvalue weighted by molar-refractivity contribution is 0.686. The van der Waals surface area contributed by atoms with Crippen LogP contribution in [0.5, 0.6) is 0 Å². The van der Waals surface area contributed by atoms with E-state index in [9.17, 15) is 0 Å². The van der Waals surface area contributed by atoms with Crippen LogP contribution in [-0.4, -0.2) is 0 Å². The van der Waals surface area contributed by atoms with Crippen molar-refractivity contribution in [3.05, 3.63) is 55.0 Å². The van der Waals surface area contributed by atoms with E-state index in [2.05, 4.69) is 49.4 Å². The van der Waals surface area contributed by atoms with Gasteiger partial charge in [0.1, 0.15) is 0 Å². The summed E-state index contributed by atoms with van der Waals surface area (Å²) in [5, 5.41) is 2.70. The van der Waals surface area contributed by atoms with E-state index in [0.29, 0.717) is 0 Å². The second-order valence-electron chi connectivity index (χ2n) is 4.35. The summed E-state index contributed by atoms with van der Waals surface area (Å²) in [6.07, 6.45) is 6.11. The predicted octanol–water partition coefficient (Wildman–Crippen LogP) is 4.78. The Kier molecular flexibility index (Phi) is 3.98. The molecule has 1 radical (unpaired) electrons. The van der Waals surface area contributed by atoms with E-state index in [-0.39, 0.29) is 0 Å². The van der Waals surface area contributed by atoms with Crippen LogP contribution in [0.4, 0.5) is 0 Å². The van der Waals surface area contributed by atoms with Crippen LogP contribution in [0.2, 0.25) is 0 Å². The summed E-state index contributed by atoms with van der Waals surface area (Å²) >= 11 is 0. The van der Waals surface area contributed by atoms with E-state index in [0.717, 1.165) is 6.42 Å². The molecule has 0 saturated heterocycles. The van der Waals surface area contributed by atoms with Gasteiger partial charge in [-0.15, -0.1) is 0 Å². The van der Waals surface area contributed by atoms with Gasteiger partial charge in [-0.3, -0.25) is 0 Å². The molecule has 0 N–H and O–H groups in total. The molecule has 0 spiro atoms. The predicted molar refractivity (Wildman–Crippen MR) is 71.5 cm³/mol. The molecule has 2 aromatic carbocycles. The molecule has 0 atom stereocenters. The first kappa shape index (κ1) is 11.2. The zero-order chi connectivity index (χ0) is 11.2. The highest BCUT2D eigenvalue weighted by Gasteiger charge is 1.96. The second-order valence-corrected chi connectivity index (χ2v) is 4.35. The van der Waals surface area contributed by atoms with E-state index < -0.39 is 0 Å². The fraction of sp³-hybridized carbons (Fsp3) is 0.312. The summed E-state index contributed by atoms with van der Waals surface area (Å²) < 4.78 is 0. The van der Waals surface area contributed by atoms with Crippen LogP contribution < -0.4 is 0 Å². The third-order valence-corrected chi connectivity index (χ3v) is 3.03. The van der Waals surface area contributed by atoms with Gasteiger partial charge in [-0.25, -0.2) is 0 Å². The van der Waals surface area contributed by atoms with E-state index in [1.165, 1.54) is 42.0 Å². The van der Waals surface area contributed by atoms with Crippen molar-refractivity contribution in [1.29, 1.82) is 0 Å². The average molecular weight is 211 g/mol. The fourth-order valence-corrected chi connectivity index (χ4v) is 2.08. The average Bonchev–Trinajstić information content (AvgIpc) is 2.34. The minimum absolute atomic E-state index is 1.07. The molecule has 0 nitrogen and oxygen atoms in total. The van der Waals surface area contributed by atoms with Crippen LogP contribution in [0.1, 0.15) is 31.2 Å². The van der Waals surface area contributed by atoms with Crippen LogP contribution in [0.15, 0.2) is 42.5 Å². The van der Waals surface area contributed by atoms with Crippen molar-refractivity contribution in [2.75, 3.05) is 0 Å². The molecule has 0 aliphatic heterocycles. The van der Waals surface area contributed by atoms with Gasteiger partial charge in [-0.05, 0) is 29.2 Å². The Morgan fingerprint density at radius 2 is 1.62 bits per heavy atom. The van der Waals surface area contributed by atoms with Gasteiger partial charge >= 0.3 is 0 Å². The van der Waals surface area contributed by atoms with Gasteiger partial charge in [0.15, 0.2) is 0 Å². The van der Waals surface area contributed by atoms with E-state index in [4.69, 9.17) is 0 Å². The normalized spacial score (nSPS) is 10.8. The number of hydrogen-bond donors (Lipinski definition) is 0. The van der Waals surface area contributed by atoms with Gasteiger partial charge in [0.05, 0.1) is 0 Å². The molecule has 16 heavy (non-hydrogen) atoms. The monoisotopic (exact) mass is 211 g/mol. The molecule has 0 aliphatic rings. The molecule has 0 aliphatic carbocycles. The third kappa shape index (κ3) is 2.85. The molecule has 0 heterocycles. The molecule has 0 aromatic heterocycles. The Labute approximate surface area is 98.3 Å². The van der Waals surface area contributed by atoms with Gasteiger partial charge in [0, 0.05) is 0 Å². The largest absolute Gasteiger partial charge is 0.0616 e. The van der Waals surface area contributed by atoms with Crippen LogP contribution in [0.3, 0.4) is 0 Å². The van der Waals surface area contributed by atoms with Crippen LogP contribution in [0, 0.1) is 6.92 Å². The first-order valence-electron chi connectivity index (χ1n) is 6.17. The van der Waals surface area contributed by atoms with Crippen molar-refractivity contribution in [3.8, 4) is 0 Å². The Hall–Kier alpha value is -1.30. The van der Waals surface area contributed by atoms with Crippen LogP contribution >= 0.6 is 0 Å². The zero-order valence-corrected chi connectivity index (χ0v) is 9.78. The highest BCUT2D eigenvalue weighted by atomic mass is 14.0. The molecule has 2 aromatic rings. The summed E-state index contributed by atoms with van der Waals surface area (Å²) in [5.41, 5.74) is 1.46. The molecule has 0 saturated carbocycles. The fourth-order valence-electron chi connectivity index (χ4n) is 2.08. The maximum Gasteiger partial charge on any atom is -0.0181 e. The van der Waals surface area contributed by atoms with Crippen molar-refractivity contribution in [1.82, 2.24) is 0 Å². The topological polar surface area (TPSA) is 0 Å². The SMILES string of the molecule is [CH2]CCCCCc1ccc2ccccc2c1. The Balaban J connectivity index is 2.02. The van der Waals surface area contributed by atoms with E-state index >= 15 is 0 Å². The molecule has 0 fully saturated rings. The quantitative estimate of drug-likeness (QED) is 0.624. The van der Waals surface area contributed by atoms with Crippen LogP contribution in [-0.2, 0) is 6.42 Å². The lowest BCUT2D eigenvalue weighted by atomic mass is 10.0. The van der Waals surface area contributed by atoms with E-state index in [1.54, 1.807) is 0 Å². The van der Waals surface area contributed by atoms with Gasteiger partial charge in [-0.1, -0.05) is 68.7 Å². The van der Waals surface area contributed by atoms with Gasteiger partial charge in [0.25, 0.3) is 0 Å². The Morgan fingerprint density at radius 1 is 0.812 bits per heavy atom. The molecular formula is C16H19. The molecule has 2 rings (SSSR count). The maximum absolute atomic E-state index is 3.87. The highest BCUT2D eigenvalue weighted by Crippen LogP contribution is 2.17. The summed E-state index contributed by atoms with van der Waals surface area (Å²) in [6.45, 7) is 3.87. The molecule has 0 bridgehead atoms. The second kappa shape index (κ2) is 5.69. The van der Waals surface area contributed by atoms with Crippen molar-refractivity contribution >= 4 is 10.8 Å². The number of fused-ring (bicyclic) bond motifs is 1. The third-order valence-electron chi connectivity index (χ3n) is 3.03. The molecule has 83 valence electrons. The van der Waals surface area contributed by atoms with Gasteiger partial charge in [-0.2, -0.15) is 0 Å². The number of rotatable bonds is 5. The number of benzene rings is 2. The Bertz CT molecular complexity index is 442. The van der Waals surface area contributed by atoms with Crippen molar-refractivity contribution in [3.63, 3.8) is 0 Å². The van der Waals surface area contributed by atoms with Crippen LogP contribution in [0.25, 0.3) is 10.8 Å². The number of aryl methyl sites for hydroxylation is 1. The minimum Gasteiger partial charge on any atom is -0.0616 e. The van der Waals surface area contributed by atoms with Gasteiger partial charge in [0.2, 0.25) is 0 Å². The first-order chi connectivity index (χ1) is 7.90. The molecule has 0 heteroatoms. The molecule has 0 amide bonds. The zero-order valence-electron chi connectivity index (χ0n) is 9.78. The Morgan fingerprint density at radius 3 is 2.44 bits per heavy atom. The molecule has 0 unspecified atom stereocenters. The minimum atomic E-state index is 1.07. The highest BCUT2D eigenvalue weighted by molar-refractivity contribution is 5.82. The lowest BCUT2D eigenvalue weighted by Gasteiger charge is -2.03. The standard InChI is InChI=1S/C16H19/c1-2-3-4-5-8-14-11-12-15-9-6-7-10-16(15)13-14/h6-7,9-13H,1-5,8H2. The molecular weight excluding hydrogens is 192 g/mol. The number of unbranched alkanes of at least 4 members (excludes halogenated alkanes) is 3.